The van der Waals surface area contributed by atoms with Crippen molar-refractivity contribution in [3.63, 3.8) is 0 Å². The van der Waals surface area contributed by atoms with Crippen LogP contribution in [0.25, 0.3) is 0 Å². The summed E-state index contributed by atoms with van der Waals surface area (Å²) in [6.45, 7) is 0. The summed E-state index contributed by atoms with van der Waals surface area (Å²) < 4.78 is 29.5. The van der Waals surface area contributed by atoms with Crippen molar-refractivity contribution in [2.24, 2.45) is 5.16 Å². The summed E-state index contributed by atoms with van der Waals surface area (Å²) in [5.41, 5.74) is 3.05. The molecule has 0 radical (unpaired) electrons. The largest absolute Gasteiger partial charge is 0.358 e. The Hall–Kier alpha value is -2.44. The fraction of sp³-hybridized carbons (Fsp3) is 0.105. The second-order valence-electron chi connectivity index (χ2n) is 5.75. The molecule has 6 heteroatoms. The Morgan fingerprint density at radius 3 is 2.36 bits per heavy atom. The molecule has 4 nitrogen and oxygen atoms in total. The number of fused-ring (bicyclic) bond motifs is 1. The summed E-state index contributed by atoms with van der Waals surface area (Å²) in [6.07, 6.45) is 0.635. The van der Waals surface area contributed by atoms with Crippen LogP contribution in [0.4, 0.5) is 0 Å². The average molecular weight is 369 g/mol. The lowest BCUT2D eigenvalue weighted by Crippen LogP contribution is -2.05. The molecule has 0 saturated heterocycles. The summed E-state index contributed by atoms with van der Waals surface area (Å²) in [5, 5.41) is 6.00. The lowest BCUT2D eigenvalue weighted by atomic mass is 9.94. The minimum absolute atomic E-state index is 0.100. The van der Waals surface area contributed by atoms with Gasteiger partial charge in [0.05, 0.1) is 10.6 Å². The minimum atomic E-state index is -3.90. The average Bonchev–Trinajstić information content (AvgIpc) is 3.24. The van der Waals surface area contributed by atoms with Gasteiger partial charge in [-0.15, -0.1) is 11.3 Å². The van der Waals surface area contributed by atoms with Crippen LogP contribution in [0.15, 0.2) is 82.2 Å². The molecule has 1 atom stereocenters. The normalized spacial score (nSPS) is 18.2. The molecule has 1 aliphatic carbocycles. The third kappa shape index (κ3) is 3.10. The molecule has 1 heterocycles. The molecule has 0 aliphatic heterocycles. The van der Waals surface area contributed by atoms with E-state index in [0.717, 1.165) is 4.88 Å². The third-order valence-corrected chi connectivity index (χ3v) is 6.31. The van der Waals surface area contributed by atoms with Crippen molar-refractivity contribution in [3.8, 4) is 0 Å². The molecule has 3 aromatic rings. The molecule has 1 unspecified atom stereocenters. The summed E-state index contributed by atoms with van der Waals surface area (Å²) >= 11 is 1.56. The van der Waals surface area contributed by atoms with E-state index in [0.29, 0.717) is 12.1 Å². The van der Waals surface area contributed by atoms with E-state index in [4.69, 9.17) is 4.28 Å². The van der Waals surface area contributed by atoms with Gasteiger partial charge >= 0.3 is 10.1 Å². The van der Waals surface area contributed by atoms with Gasteiger partial charge in [-0.1, -0.05) is 53.7 Å². The molecule has 1 aliphatic rings. The molecular formula is C19H15NO3S2. The van der Waals surface area contributed by atoms with Crippen LogP contribution in [0.2, 0.25) is 0 Å². The number of oxime groups is 1. The van der Waals surface area contributed by atoms with Gasteiger partial charge in [0.2, 0.25) is 0 Å². The molecule has 2 aromatic carbocycles. The lowest BCUT2D eigenvalue weighted by molar-refractivity contribution is 0.338. The van der Waals surface area contributed by atoms with Crippen LogP contribution in [0.5, 0.6) is 0 Å². The topological polar surface area (TPSA) is 55.7 Å². The van der Waals surface area contributed by atoms with Crippen LogP contribution in [-0.4, -0.2) is 14.1 Å². The molecule has 0 N–H and O–H groups in total. The Balaban J connectivity index is 1.63. The van der Waals surface area contributed by atoms with Gasteiger partial charge in [-0.25, -0.2) is 0 Å². The monoisotopic (exact) mass is 369 g/mol. The zero-order chi connectivity index (χ0) is 17.3. The molecule has 0 saturated carbocycles. The third-order valence-electron chi connectivity index (χ3n) is 4.21. The van der Waals surface area contributed by atoms with Crippen LogP contribution in [-0.2, 0) is 14.4 Å². The number of nitrogens with zero attached hydrogens (tertiary/aromatic N) is 1. The Kier molecular flexibility index (Phi) is 4.15. The van der Waals surface area contributed by atoms with Crippen LogP contribution < -0.4 is 0 Å². The van der Waals surface area contributed by atoms with Crippen molar-refractivity contribution in [1.82, 2.24) is 0 Å². The van der Waals surface area contributed by atoms with E-state index >= 15 is 0 Å². The zero-order valence-corrected chi connectivity index (χ0v) is 14.8. The molecule has 4 rings (SSSR count). The fourth-order valence-electron chi connectivity index (χ4n) is 3.01. The Morgan fingerprint density at radius 1 is 0.960 bits per heavy atom. The number of rotatable bonds is 4. The maximum Gasteiger partial charge on any atom is 0.358 e. The summed E-state index contributed by atoms with van der Waals surface area (Å²) in [5.74, 6) is 0.184. The Bertz CT molecular complexity index is 1010. The summed E-state index contributed by atoms with van der Waals surface area (Å²) in [6, 6.07) is 20.3. The maximum atomic E-state index is 12.3. The first kappa shape index (κ1) is 16.1. The molecule has 126 valence electrons. The van der Waals surface area contributed by atoms with Gasteiger partial charge in [0.25, 0.3) is 0 Å². The second kappa shape index (κ2) is 6.46. The van der Waals surface area contributed by atoms with E-state index in [9.17, 15) is 8.42 Å². The molecule has 0 fully saturated rings. The second-order valence-corrected chi connectivity index (χ2v) is 8.20. The van der Waals surface area contributed by atoms with E-state index in [1.165, 1.54) is 23.3 Å². The van der Waals surface area contributed by atoms with Crippen molar-refractivity contribution in [1.29, 1.82) is 0 Å². The van der Waals surface area contributed by atoms with E-state index in [-0.39, 0.29) is 10.8 Å². The number of thiophene rings is 1. The van der Waals surface area contributed by atoms with E-state index in [1.54, 1.807) is 29.5 Å². The number of hydrogen-bond donors (Lipinski definition) is 0. The molecule has 25 heavy (non-hydrogen) atoms. The highest BCUT2D eigenvalue weighted by Gasteiger charge is 2.31. The molecule has 0 amide bonds. The minimum Gasteiger partial charge on any atom is -0.264 e. The molecular weight excluding hydrogens is 354 g/mol. The first-order valence-electron chi connectivity index (χ1n) is 7.83. The standard InChI is InChI=1S/C19H15NO3S2/c21-25(22,15-9-5-2-6-10-15)23-20-18-13-17(14-7-3-1-4-8-14)16-11-12-24-19(16)18/h1-12,17H,13H2/b20-18+. The highest BCUT2D eigenvalue weighted by molar-refractivity contribution is 7.86. The van der Waals surface area contributed by atoms with Crippen molar-refractivity contribution in [3.05, 3.63) is 88.1 Å². The Labute approximate surface area is 150 Å². The number of benzene rings is 2. The number of hydrogen-bond acceptors (Lipinski definition) is 5. The van der Waals surface area contributed by atoms with Gasteiger partial charge in [-0.2, -0.15) is 8.42 Å². The summed E-state index contributed by atoms with van der Waals surface area (Å²) in [7, 11) is -3.90. The van der Waals surface area contributed by atoms with Crippen LogP contribution in [0.1, 0.15) is 28.3 Å². The predicted octanol–water partition coefficient (Wildman–Crippen LogP) is 4.39. The lowest BCUT2D eigenvalue weighted by Gasteiger charge is -2.09. The van der Waals surface area contributed by atoms with Crippen molar-refractivity contribution in [2.45, 2.75) is 17.2 Å². The van der Waals surface area contributed by atoms with Gasteiger partial charge in [0.1, 0.15) is 4.90 Å². The first-order valence-corrected chi connectivity index (χ1v) is 10.1. The zero-order valence-electron chi connectivity index (χ0n) is 13.2. The highest BCUT2D eigenvalue weighted by atomic mass is 32.2. The van der Waals surface area contributed by atoms with Gasteiger partial charge in [-0.3, -0.25) is 4.28 Å². The van der Waals surface area contributed by atoms with E-state index < -0.39 is 10.1 Å². The molecule has 0 bridgehead atoms. The van der Waals surface area contributed by atoms with Crippen LogP contribution in [0, 0.1) is 0 Å². The molecule has 1 aromatic heterocycles. The van der Waals surface area contributed by atoms with Gasteiger partial charge in [-0.05, 0) is 34.7 Å². The quantitative estimate of drug-likeness (QED) is 0.641. The van der Waals surface area contributed by atoms with E-state index in [1.807, 2.05) is 23.6 Å². The Morgan fingerprint density at radius 2 is 1.64 bits per heavy atom. The maximum absolute atomic E-state index is 12.3. The van der Waals surface area contributed by atoms with Gasteiger partial charge in [0, 0.05) is 12.3 Å². The van der Waals surface area contributed by atoms with Crippen LogP contribution in [0.3, 0.4) is 0 Å². The first-order chi connectivity index (χ1) is 12.1. The molecule has 0 spiro atoms. The highest BCUT2D eigenvalue weighted by Crippen LogP contribution is 2.41. The smallest absolute Gasteiger partial charge is 0.264 e. The summed E-state index contributed by atoms with van der Waals surface area (Å²) in [4.78, 5) is 1.10. The van der Waals surface area contributed by atoms with Crippen molar-refractivity contribution >= 4 is 27.2 Å². The van der Waals surface area contributed by atoms with Crippen LogP contribution >= 0.6 is 11.3 Å². The van der Waals surface area contributed by atoms with Gasteiger partial charge in [0.15, 0.2) is 0 Å². The predicted molar refractivity (Wildman–Crippen MR) is 98.5 cm³/mol. The fourth-order valence-corrected chi connectivity index (χ4v) is 4.73. The van der Waals surface area contributed by atoms with E-state index in [2.05, 4.69) is 23.4 Å². The SMILES string of the molecule is O=S(=O)(O/N=C1\CC(c2ccccc2)c2ccsc21)c1ccccc1. The van der Waals surface area contributed by atoms with Gasteiger partial charge < -0.3 is 0 Å². The van der Waals surface area contributed by atoms with Crippen molar-refractivity contribution in [2.75, 3.05) is 0 Å². The van der Waals surface area contributed by atoms with Crippen molar-refractivity contribution < 1.29 is 12.7 Å².